The Hall–Kier alpha value is -1.16. The first-order valence-electron chi connectivity index (χ1n) is 4.29. The summed E-state index contributed by atoms with van der Waals surface area (Å²) < 4.78 is 14.2. The molecule has 0 radical (unpaired) electrons. The molecule has 1 aromatic carbocycles. The second-order valence-electron chi connectivity index (χ2n) is 2.94. The number of rotatable bonds is 4. The molecule has 0 aliphatic rings. The molecule has 6 heteroatoms. The fourth-order valence-corrected chi connectivity index (χ4v) is 1.43. The Bertz CT molecular complexity index is 369. The SMILES string of the molecule is O=C(CCc1ccccc1)OP(=O)(O)O. The van der Waals surface area contributed by atoms with Gasteiger partial charge in [0.15, 0.2) is 0 Å². The van der Waals surface area contributed by atoms with E-state index in [0.717, 1.165) is 5.56 Å². The van der Waals surface area contributed by atoms with E-state index in [9.17, 15) is 9.36 Å². The molecule has 1 rings (SSSR count). The maximum Gasteiger partial charge on any atom is 0.526 e. The van der Waals surface area contributed by atoms with Gasteiger partial charge in [-0.05, 0) is 12.0 Å². The van der Waals surface area contributed by atoms with Gasteiger partial charge in [-0.25, -0.2) is 4.57 Å². The van der Waals surface area contributed by atoms with Gasteiger partial charge in [0, 0.05) is 6.42 Å². The Morgan fingerprint density at radius 1 is 1.27 bits per heavy atom. The number of benzene rings is 1. The molecule has 1 aromatic rings. The number of hydrogen-bond donors (Lipinski definition) is 2. The Kier molecular flexibility index (Phi) is 4.03. The molecular formula is C9H11O5P. The fourth-order valence-electron chi connectivity index (χ4n) is 1.07. The minimum atomic E-state index is -4.69. The first kappa shape index (κ1) is 11.9. The van der Waals surface area contributed by atoms with E-state index in [1.807, 2.05) is 30.3 Å². The highest BCUT2D eigenvalue weighted by molar-refractivity contribution is 7.46. The number of hydrogen-bond acceptors (Lipinski definition) is 3. The van der Waals surface area contributed by atoms with Gasteiger partial charge < -0.3 is 4.52 Å². The van der Waals surface area contributed by atoms with E-state index in [0.29, 0.717) is 6.42 Å². The smallest absolute Gasteiger partial charge is 0.371 e. The Morgan fingerprint density at radius 3 is 2.40 bits per heavy atom. The molecule has 0 atom stereocenters. The average Bonchev–Trinajstić information content (AvgIpc) is 2.14. The summed E-state index contributed by atoms with van der Waals surface area (Å²) in [5, 5.41) is 0. The Morgan fingerprint density at radius 2 is 1.87 bits per heavy atom. The van der Waals surface area contributed by atoms with Crippen LogP contribution < -0.4 is 0 Å². The van der Waals surface area contributed by atoms with Crippen LogP contribution in [-0.4, -0.2) is 15.8 Å². The summed E-state index contributed by atoms with van der Waals surface area (Å²) in [4.78, 5) is 27.6. The second kappa shape index (κ2) is 5.07. The summed E-state index contributed by atoms with van der Waals surface area (Å²) in [6.07, 6.45) is 0.356. The van der Waals surface area contributed by atoms with Crippen molar-refractivity contribution in [3.05, 3.63) is 35.9 Å². The molecule has 0 bridgehead atoms. The standard InChI is InChI=1S/C9H11O5P/c10-9(14-15(11,12)13)7-6-8-4-2-1-3-5-8/h1-5H,6-7H2,(H2,11,12,13). The predicted molar refractivity (Wildman–Crippen MR) is 52.9 cm³/mol. The molecule has 0 saturated heterocycles. The van der Waals surface area contributed by atoms with Gasteiger partial charge in [0.1, 0.15) is 0 Å². The van der Waals surface area contributed by atoms with E-state index in [2.05, 4.69) is 4.52 Å². The molecule has 2 N–H and O–H groups in total. The van der Waals surface area contributed by atoms with Crippen molar-refractivity contribution in [2.24, 2.45) is 0 Å². The monoisotopic (exact) mass is 230 g/mol. The van der Waals surface area contributed by atoms with E-state index < -0.39 is 13.8 Å². The van der Waals surface area contributed by atoms with E-state index in [4.69, 9.17) is 9.79 Å². The quantitative estimate of drug-likeness (QED) is 0.760. The van der Waals surface area contributed by atoms with Crippen LogP contribution in [0.25, 0.3) is 0 Å². The predicted octanol–water partition coefficient (Wildman–Crippen LogP) is 1.26. The maximum absolute atomic E-state index is 10.9. The molecule has 0 aliphatic heterocycles. The highest BCUT2D eigenvalue weighted by Gasteiger charge is 2.19. The van der Waals surface area contributed by atoms with Crippen LogP contribution >= 0.6 is 7.82 Å². The minimum absolute atomic E-state index is 0.0465. The normalized spacial score (nSPS) is 11.1. The van der Waals surface area contributed by atoms with Crippen molar-refractivity contribution in [3.63, 3.8) is 0 Å². The zero-order valence-electron chi connectivity index (χ0n) is 7.87. The lowest BCUT2D eigenvalue weighted by Crippen LogP contribution is -2.03. The number of carbonyl (C=O) groups is 1. The lowest BCUT2D eigenvalue weighted by atomic mass is 10.1. The molecule has 0 saturated carbocycles. The molecule has 15 heavy (non-hydrogen) atoms. The third kappa shape index (κ3) is 5.32. The van der Waals surface area contributed by atoms with Crippen LogP contribution in [0, 0.1) is 0 Å². The summed E-state index contributed by atoms with van der Waals surface area (Å²) in [5.41, 5.74) is 0.917. The first-order chi connectivity index (χ1) is 6.97. The fraction of sp³-hybridized carbons (Fsp3) is 0.222. The van der Waals surface area contributed by atoms with Gasteiger partial charge >= 0.3 is 13.8 Å². The maximum atomic E-state index is 10.9. The third-order valence-corrected chi connectivity index (χ3v) is 2.12. The van der Waals surface area contributed by atoms with Crippen molar-refractivity contribution in [3.8, 4) is 0 Å². The summed E-state index contributed by atoms with van der Waals surface area (Å²) in [6, 6.07) is 9.14. The molecule has 0 aromatic heterocycles. The summed E-state index contributed by atoms with van der Waals surface area (Å²) in [5.74, 6) is -0.896. The molecule has 82 valence electrons. The molecule has 0 heterocycles. The summed E-state index contributed by atoms with van der Waals surface area (Å²) >= 11 is 0. The molecule has 0 amide bonds. The molecular weight excluding hydrogens is 219 g/mol. The van der Waals surface area contributed by atoms with Crippen molar-refractivity contribution in [1.29, 1.82) is 0 Å². The number of phosphoric acid groups is 1. The average molecular weight is 230 g/mol. The van der Waals surface area contributed by atoms with Gasteiger partial charge in [0.25, 0.3) is 0 Å². The van der Waals surface area contributed by atoms with Gasteiger partial charge in [0.05, 0.1) is 0 Å². The van der Waals surface area contributed by atoms with E-state index >= 15 is 0 Å². The van der Waals surface area contributed by atoms with Crippen molar-refractivity contribution in [2.75, 3.05) is 0 Å². The molecule has 5 nitrogen and oxygen atoms in total. The minimum Gasteiger partial charge on any atom is -0.371 e. The van der Waals surface area contributed by atoms with E-state index in [-0.39, 0.29) is 6.42 Å². The van der Waals surface area contributed by atoms with Crippen LogP contribution in [0.3, 0.4) is 0 Å². The highest BCUT2D eigenvalue weighted by atomic mass is 31.2. The zero-order valence-corrected chi connectivity index (χ0v) is 8.76. The van der Waals surface area contributed by atoms with Crippen LogP contribution in [0.5, 0.6) is 0 Å². The third-order valence-electron chi connectivity index (χ3n) is 1.68. The number of carbonyl (C=O) groups excluding carboxylic acids is 1. The van der Waals surface area contributed by atoms with Crippen LogP contribution in [0.1, 0.15) is 12.0 Å². The topological polar surface area (TPSA) is 83.8 Å². The van der Waals surface area contributed by atoms with Crippen LogP contribution in [-0.2, 0) is 20.3 Å². The zero-order chi connectivity index (χ0) is 11.3. The van der Waals surface area contributed by atoms with Crippen LogP contribution in [0.2, 0.25) is 0 Å². The van der Waals surface area contributed by atoms with Crippen molar-refractivity contribution >= 4 is 13.8 Å². The van der Waals surface area contributed by atoms with Crippen LogP contribution in [0.15, 0.2) is 30.3 Å². The number of phosphoric ester groups is 1. The molecule has 0 unspecified atom stereocenters. The summed E-state index contributed by atoms with van der Waals surface area (Å²) in [6.45, 7) is 0. The van der Waals surface area contributed by atoms with E-state index in [1.54, 1.807) is 0 Å². The van der Waals surface area contributed by atoms with Gasteiger partial charge in [0.2, 0.25) is 0 Å². The second-order valence-corrected chi connectivity index (χ2v) is 4.10. The van der Waals surface area contributed by atoms with Crippen molar-refractivity contribution in [1.82, 2.24) is 0 Å². The lowest BCUT2D eigenvalue weighted by Gasteiger charge is -2.04. The Balaban J connectivity index is 2.39. The molecule has 0 fully saturated rings. The van der Waals surface area contributed by atoms with E-state index in [1.165, 1.54) is 0 Å². The van der Waals surface area contributed by atoms with Gasteiger partial charge in [-0.1, -0.05) is 30.3 Å². The largest absolute Gasteiger partial charge is 0.526 e. The van der Waals surface area contributed by atoms with Crippen molar-refractivity contribution < 1.29 is 23.7 Å². The summed E-state index contributed by atoms with van der Waals surface area (Å²) in [7, 11) is -4.69. The van der Waals surface area contributed by atoms with Gasteiger partial charge in [-0.15, -0.1) is 0 Å². The Labute approximate surface area is 86.9 Å². The molecule has 0 spiro atoms. The van der Waals surface area contributed by atoms with Gasteiger partial charge in [-0.3, -0.25) is 14.6 Å². The van der Waals surface area contributed by atoms with Crippen molar-refractivity contribution in [2.45, 2.75) is 12.8 Å². The van der Waals surface area contributed by atoms with Crippen LogP contribution in [0.4, 0.5) is 0 Å². The molecule has 0 aliphatic carbocycles. The highest BCUT2D eigenvalue weighted by Crippen LogP contribution is 2.36. The first-order valence-corrected chi connectivity index (χ1v) is 5.82. The van der Waals surface area contributed by atoms with Gasteiger partial charge in [-0.2, -0.15) is 0 Å². The number of aryl methyl sites for hydroxylation is 1. The lowest BCUT2D eigenvalue weighted by molar-refractivity contribution is -0.135.